The number of ether oxygens (including phenoxy) is 4. The maximum absolute atomic E-state index is 13.1. The Kier molecular flexibility index (Phi) is 72.2. The van der Waals surface area contributed by atoms with E-state index in [4.69, 9.17) is 37.0 Å². The fourth-order valence-electron chi connectivity index (χ4n) is 12.7. The van der Waals surface area contributed by atoms with Gasteiger partial charge in [-0.25, -0.2) is 9.13 Å². The molecule has 0 fully saturated rings. The van der Waals surface area contributed by atoms with Gasteiger partial charge in [0.15, 0.2) is 12.2 Å². The second kappa shape index (κ2) is 73.6. The highest BCUT2D eigenvalue weighted by atomic mass is 31.2. The maximum atomic E-state index is 13.1. The first kappa shape index (κ1) is 99.1. The van der Waals surface area contributed by atoms with Crippen molar-refractivity contribution < 1.29 is 80.2 Å². The van der Waals surface area contributed by atoms with Gasteiger partial charge in [0.25, 0.3) is 0 Å². The molecule has 0 aliphatic heterocycles. The Morgan fingerprint density at radius 3 is 0.752 bits per heavy atom. The number of phosphoric ester groups is 2. The summed E-state index contributed by atoms with van der Waals surface area (Å²) >= 11 is 0. The van der Waals surface area contributed by atoms with Gasteiger partial charge in [0.1, 0.15) is 19.3 Å². The summed E-state index contributed by atoms with van der Waals surface area (Å²) in [5.41, 5.74) is 0. The molecule has 6 atom stereocenters. The Morgan fingerprint density at radius 2 is 0.505 bits per heavy atom. The summed E-state index contributed by atoms with van der Waals surface area (Å²) in [5.74, 6) is -0.531. The van der Waals surface area contributed by atoms with Crippen molar-refractivity contribution in [2.75, 3.05) is 39.6 Å². The molecule has 0 aliphatic carbocycles. The van der Waals surface area contributed by atoms with Crippen molar-refractivity contribution in [2.24, 2.45) is 11.8 Å². The van der Waals surface area contributed by atoms with Crippen LogP contribution >= 0.6 is 15.6 Å². The zero-order chi connectivity index (χ0) is 74.2. The van der Waals surface area contributed by atoms with Gasteiger partial charge in [-0.15, -0.1) is 0 Å². The standard InChI is InChI=1S/C82H160O17P2/c1-7-10-12-14-16-18-20-22-23-24-25-26-29-33-37-41-48-54-60-66-81(86)98-77(70-92-80(85)65-59-53-47-40-36-32-30-27-28-31-34-38-44-50-56-62-74(4)5)72-96-100(88,89)94-68-76(83)69-95-101(90,91)97-73-78(99-82(87)67-61-55-49-43-42-45-51-57-63-75(6)9-3)71-93-79(84)64-58-52-46-39-35-21-19-17-15-13-11-8-2/h74-78,83H,7-73H2,1-6H3,(H,88,89)(H,90,91)/t75?,76-,77-,78-/m1/s1. The maximum Gasteiger partial charge on any atom is 0.472 e. The first-order valence-electron chi connectivity index (χ1n) is 42.5. The Labute approximate surface area is 619 Å². The van der Waals surface area contributed by atoms with Gasteiger partial charge in [0.05, 0.1) is 26.4 Å². The van der Waals surface area contributed by atoms with E-state index in [1.165, 1.54) is 250 Å². The third kappa shape index (κ3) is 74.7. The van der Waals surface area contributed by atoms with E-state index in [2.05, 4.69) is 41.5 Å². The van der Waals surface area contributed by atoms with Gasteiger partial charge in [-0.2, -0.15) is 0 Å². The summed E-state index contributed by atoms with van der Waals surface area (Å²) in [7, 11) is -9.92. The molecule has 0 spiro atoms. The van der Waals surface area contributed by atoms with Crippen LogP contribution in [0.25, 0.3) is 0 Å². The molecular formula is C82H160O17P2. The largest absolute Gasteiger partial charge is 0.472 e. The Morgan fingerprint density at radius 1 is 0.287 bits per heavy atom. The fourth-order valence-corrected chi connectivity index (χ4v) is 14.3. The summed E-state index contributed by atoms with van der Waals surface area (Å²) in [6.07, 6.45) is 63.7. The zero-order valence-electron chi connectivity index (χ0n) is 66.2. The van der Waals surface area contributed by atoms with E-state index in [0.29, 0.717) is 25.7 Å². The van der Waals surface area contributed by atoms with E-state index >= 15 is 0 Å². The van der Waals surface area contributed by atoms with Crippen molar-refractivity contribution in [2.45, 2.75) is 452 Å². The van der Waals surface area contributed by atoms with Gasteiger partial charge in [-0.1, -0.05) is 382 Å². The molecule has 0 aromatic carbocycles. The van der Waals surface area contributed by atoms with Crippen LogP contribution in [-0.4, -0.2) is 96.7 Å². The normalized spacial score (nSPS) is 14.2. The van der Waals surface area contributed by atoms with Crippen LogP contribution in [0.4, 0.5) is 0 Å². The van der Waals surface area contributed by atoms with Crippen LogP contribution in [0.2, 0.25) is 0 Å². The summed E-state index contributed by atoms with van der Waals surface area (Å²) in [5, 5.41) is 10.6. The van der Waals surface area contributed by atoms with Gasteiger partial charge >= 0.3 is 39.5 Å². The van der Waals surface area contributed by atoms with Crippen molar-refractivity contribution in [1.82, 2.24) is 0 Å². The number of hydrogen-bond donors (Lipinski definition) is 3. The van der Waals surface area contributed by atoms with Crippen LogP contribution in [0.3, 0.4) is 0 Å². The van der Waals surface area contributed by atoms with E-state index in [9.17, 15) is 43.2 Å². The van der Waals surface area contributed by atoms with E-state index in [1.54, 1.807) is 0 Å². The number of carbonyl (C=O) groups excluding carboxylic acids is 4. The zero-order valence-corrected chi connectivity index (χ0v) is 68.0. The molecule has 0 saturated carbocycles. The number of phosphoric acid groups is 2. The molecule has 600 valence electrons. The molecule has 101 heavy (non-hydrogen) atoms. The molecule has 0 aliphatic rings. The Bertz CT molecular complexity index is 1940. The minimum absolute atomic E-state index is 0.106. The van der Waals surface area contributed by atoms with E-state index < -0.39 is 97.5 Å². The predicted molar refractivity (Wildman–Crippen MR) is 414 cm³/mol. The number of aliphatic hydroxyl groups excluding tert-OH is 1. The monoisotopic (exact) mass is 1480 g/mol. The van der Waals surface area contributed by atoms with Crippen molar-refractivity contribution in [1.29, 1.82) is 0 Å². The lowest BCUT2D eigenvalue weighted by molar-refractivity contribution is -0.161. The van der Waals surface area contributed by atoms with Gasteiger partial charge in [0, 0.05) is 25.7 Å². The van der Waals surface area contributed by atoms with Crippen LogP contribution in [0, 0.1) is 11.8 Å². The molecule has 0 rings (SSSR count). The number of esters is 4. The lowest BCUT2D eigenvalue weighted by atomic mass is 9.99. The van der Waals surface area contributed by atoms with Crippen LogP contribution in [0.5, 0.6) is 0 Å². The van der Waals surface area contributed by atoms with Crippen molar-refractivity contribution in [3.63, 3.8) is 0 Å². The Balaban J connectivity index is 5.24. The topological polar surface area (TPSA) is 237 Å². The first-order chi connectivity index (χ1) is 48.9. The number of rotatable bonds is 81. The number of aliphatic hydroxyl groups is 1. The summed E-state index contributed by atoms with van der Waals surface area (Å²) in [4.78, 5) is 73.1. The molecule has 3 unspecified atom stereocenters. The molecule has 0 aromatic heterocycles. The van der Waals surface area contributed by atoms with E-state index in [0.717, 1.165) is 102 Å². The highest BCUT2D eigenvalue weighted by Crippen LogP contribution is 2.45. The van der Waals surface area contributed by atoms with E-state index in [1.807, 2.05) is 0 Å². The highest BCUT2D eigenvalue weighted by Gasteiger charge is 2.30. The molecule has 0 saturated heterocycles. The third-order valence-electron chi connectivity index (χ3n) is 19.6. The van der Waals surface area contributed by atoms with Gasteiger partial charge in [-0.3, -0.25) is 37.3 Å². The van der Waals surface area contributed by atoms with E-state index in [-0.39, 0.29) is 25.7 Å². The third-order valence-corrected chi connectivity index (χ3v) is 21.5. The molecular weight excluding hydrogens is 1320 g/mol. The minimum Gasteiger partial charge on any atom is -0.462 e. The van der Waals surface area contributed by atoms with Gasteiger partial charge < -0.3 is 33.8 Å². The molecule has 0 aromatic rings. The molecule has 3 N–H and O–H groups in total. The number of carbonyl (C=O) groups is 4. The Hall–Kier alpha value is -1.94. The van der Waals surface area contributed by atoms with Crippen LogP contribution < -0.4 is 0 Å². The second-order valence-corrected chi connectivity index (χ2v) is 33.1. The van der Waals surface area contributed by atoms with Crippen molar-refractivity contribution in [3.8, 4) is 0 Å². The fraction of sp³-hybridized carbons (Fsp3) is 0.951. The minimum atomic E-state index is -4.96. The number of unbranched alkanes of at least 4 members (excludes halogenated alkanes) is 50. The molecule has 0 heterocycles. The molecule has 19 heteroatoms. The summed E-state index contributed by atoms with van der Waals surface area (Å²) < 4.78 is 68.8. The quantitative estimate of drug-likeness (QED) is 0.0222. The van der Waals surface area contributed by atoms with Crippen LogP contribution in [0.1, 0.15) is 433 Å². The summed E-state index contributed by atoms with van der Waals surface area (Å²) in [6.45, 7) is 9.67. The smallest absolute Gasteiger partial charge is 0.462 e. The van der Waals surface area contributed by atoms with Gasteiger partial charge in [-0.05, 0) is 37.5 Å². The van der Waals surface area contributed by atoms with Crippen LogP contribution in [0.15, 0.2) is 0 Å². The molecule has 0 radical (unpaired) electrons. The summed E-state index contributed by atoms with van der Waals surface area (Å²) in [6, 6.07) is 0. The van der Waals surface area contributed by atoms with Gasteiger partial charge in [0.2, 0.25) is 0 Å². The molecule has 0 amide bonds. The molecule has 17 nitrogen and oxygen atoms in total. The average molecular weight is 1480 g/mol. The lowest BCUT2D eigenvalue weighted by Gasteiger charge is -2.21. The number of hydrogen-bond acceptors (Lipinski definition) is 15. The second-order valence-electron chi connectivity index (χ2n) is 30.2. The predicted octanol–water partition coefficient (Wildman–Crippen LogP) is 24.7. The average Bonchev–Trinajstić information content (AvgIpc) is 0.927. The first-order valence-corrected chi connectivity index (χ1v) is 45.5. The SMILES string of the molecule is CCCCCCCCCCCCCCCCCCCCCC(=O)O[C@H](COC(=O)CCCCCCCCCCCCCCCCCC(C)C)COP(=O)(O)OC[C@@H](O)COP(=O)(O)OC[C@@H](COC(=O)CCCCCCCCCCCCCC)OC(=O)CCCCCCCCCCC(C)CC. The highest BCUT2D eigenvalue weighted by molar-refractivity contribution is 7.47. The lowest BCUT2D eigenvalue weighted by Crippen LogP contribution is -2.30. The molecule has 0 bridgehead atoms. The van der Waals surface area contributed by atoms with Crippen LogP contribution in [-0.2, 0) is 65.4 Å². The van der Waals surface area contributed by atoms with Crippen molar-refractivity contribution >= 4 is 39.5 Å². The van der Waals surface area contributed by atoms with Crippen molar-refractivity contribution in [3.05, 3.63) is 0 Å².